The Morgan fingerprint density at radius 1 is 1.07 bits per heavy atom. The topological polar surface area (TPSA) is 92.9 Å². The molecule has 140 valence electrons. The number of rotatable bonds is 4. The van der Waals surface area contributed by atoms with Gasteiger partial charge in [-0.3, -0.25) is 4.79 Å². The van der Waals surface area contributed by atoms with Crippen molar-refractivity contribution in [3.63, 3.8) is 0 Å². The number of nitrogens with zero attached hydrogens (tertiary/aromatic N) is 3. The molecule has 0 fully saturated rings. The highest BCUT2D eigenvalue weighted by Gasteiger charge is 2.30. The average molecular weight is 377 g/mol. The van der Waals surface area contributed by atoms with Gasteiger partial charge in [-0.2, -0.15) is 13.2 Å². The lowest BCUT2D eigenvalue weighted by atomic mass is 10.2. The van der Waals surface area contributed by atoms with E-state index in [9.17, 15) is 18.0 Å². The fraction of sp³-hybridized carbons (Fsp3) is 0.176. The lowest BCUT2D eigenvalue weighted by Gasteiger charge is -2.11. The first-order valence-corrected chi connectivity index (χ1v) is 7.75. The van der Waals surface area contributed by atoms with Crippen LogP contribution in [0.4, 0.5) is 30.5 Å². The monoisotopic (exact) mass is 377 g/mol. The average Bonchev–Trinajstić information content (AvgIpc) is 2.98. The number of aromatic nitrogens is 3. The molecule has 3 rings (SSSR count). The maximum atomic E-state index is 12.8. The third kappa shape index (κ3) is 4.60. The minimum atomic E-state index is -4.46. The smallest absolute Gasteiger partial charge is 0.360 e. The largest absolute Gasteiger partial charge is 0.416 e. The van der Waals surface area contributed by atoms with Gasteiger partial charge in [0.15, 0.2) is 5.82 Å². The quantitative estimate of drug-likeness (QED) is 0.711. The molecule has 0 unspecified atom stereocenters. The summed E-state index contributed by atoms with van der Waals surface area (Å²) in [5, 5.41) is 8.93. The van der Waals surface area contributed by atoms with Crippen LogP contribution in [0.3, 0.4) is 0 Å². The number of amides is 1. The molecule has 0 saturated carbocycles. The normalized spacial score (nSPS) is 11.3. The lowest BCUT2D eigenvalue weighted by molar-refractivity contribution is -0.137. The Morgan fingerprint density at radius 2 is 1.85 bits per heavy atom. The molecule has 1 aromatic carbocycles. The number of benzene rings is 1. The van der Waals surface area contributed by atoms with Crippen molar-refractivity contribution in [3.05, 3.63) is 59.2 Å². The molecule has 0 radical (unpaired) electrons. The van der Waals surface area contributed by atoms with Crippen LogP contribution in [0, 0.1) is 13.8 Å². The van der Waals surface area contributed by atoms with Gasteiger partial charge >= 0.3 is 6.18 Å². The summed E-state index contributed by atoms with van der Waals surface area (Å²) < 4.78 is 43.4. The van der Waals surface area contributed by atoms with E-state index in [-0.39, 0.29) is 28.8 Å². The minimum Gasteiger partial charge on any atom is -0.360 e. The van der Waals surface area contributed by atoms with Gasteiger partial charge in [0.25, 0.3) is 5.91 Å². The second-order valence-electron chi connectivity index (χ2n) is 5.67. The fourth-order valence-electron chi connectivity index (χ4n) is 2.27. The van der Waals surface area contributed by atoms with Crippen LogP contribution in [-0.2, 0) is 6.18 Å². The summed E-state index contributed by atoms with van der Waals surface area (Å²) in [6.07, 6.45) is -4.46. The molecule has 0 aliphatic carbocycles. The number of nitrogens with one attached hydrogen (secondary N) is 2. The molecule has 2 N–H and O–H groups in total. The number of halogens is 3. The van der Waals surface area contributed by atoms with Gasteiger partial charge < -0.3 is 15.2 Å². The van der Waals surface area contributed by atoms with Crippen molar-refractivity contribution < 1.29 is 22.5 Å². The van der Waals surface area contributed by atoms with Gasteiger partial charge in [0.2, 0.25) is 0 Å². The van der Waals surface area contributed by atoms with E-state index in [4.69, 9.17) is 4.52 Å². The van der Waals surface area contributed by atoms with E-state index in [2.05, 4.69) is 25.8 Å². The number of carbonyl (C=O) groups excluding carboxylic acids is 1. The summed E-state index contributed by atoms with van der Waals surface area (Å²) in [6, 6.07) is 7.53. The summed E-state index contributed by atoms with van der Waals surface area (Å²) >= 11 is 0. The predicted molar refractivity (Wildman–Crippen MR) is 90.7 cm³/mol. The SMILES string of the molecule is Cc1nc(Nc2cccc(C(F)(F)F)c2)cc(C(=O)Nc2cc(C)on2)n1. The molecule has 2 aromatic heterocycles. The van der Waals surface area contributed by atoms with Crippen molar-refractivity contribution in [1.82, 2.24) is 15.1 Å². The van der Waals surface area contributed by atoms with Crippen LogP contribution in [-0.4, -0.2) is 21.0 Å². The summed E-state index contributed by atoms with van der Waals surface area (Å²) in [6.45, 7) is 3.24. The third-order valence-corrected chi connectivity index (χ3v) is 3.40. The van der Waals surface area contributed by atoms with Crippen LogP contribution >= 0.6 is 0 Å². The molecule has 2 heterocycles. The number of hydrogen-bond acceptors (Lipinski definition) is 6. The number of aryl methyl sites for hydroxylation is 2. The van der Waals surface area contributed by atoms with Crippen molar-refractivity contribution in [2.75, 3.05) is 10.6 Å². The predicted octanol–water partition coefficient (Wildman–Crippen LogP) is 4.10. The Morgan fingerprint density at radius 3 is 2.52 bits per heavy atom. The second kappa shape index (κ2) is 7.06. The first-order chi connectivity index (χ1) is 12.7. The standard InChI is InChI=1S/C17H14F3N5O2/c1-9-6-15(25-27-9)24-16(26)13-8-14(22-10(2)21-13)23-12-5-3-4-11(7-12)17(18,19)20/h3-8H,1-2H3,(H,21,22,23)(H,24,25,26). The summed E-state index contributed by atoms with van der Waals surface area (Å²) in [5.74, 6) is 0.648. The van der Waals surface area contributed by atoms with E-state index in [1.165, 1.54) is 24.3 Å². The van der Waals surface area contributed by atoms with Crippen LogP contribution < -0.4 is 10.6 Å². The van der Waals surface area contributed by atoms with E-state index in [0.29, 0.717) is 5.76 Å². The van der Waals surface area contributed by atoms with Gasteiger partial charge in [0.05, 0.1) is 5.56 Å². The molecule has 0 aliphatic heterocycles. The Bertz CT molecular complexity index is 985. The van der Waals surface area contributed by atoms with E-state index in [1.807, 2.05) is 0 Å². The molecule has 27 heavy (non-hydrogen) atoms. The van der Waals surface area contributed by atoms with Crippen LogP contribution in [0.5, 0.6) is 0 Å². The second-order valence-corrected chi connectivity index (χ2v) is 5.67. The molecule has 7 nitrogen and oxygen atoms in total. The maximum absolute atomic E-state index is 12.8. The molecule has 3 aromatic rings. The first kappa shape index (κ1) is 18.4. The van der Waals surface area contributed by atoms with Crippen molar-refractivity contribution in [2.24, 2.45) is 0 Å². The van der Waals surface area contributed by atoms with E-state index < -0.39 is 17.6 Å². The van der Waals surface area contributed by atoms with Crippen molar-refractivity contribution in [1.29, 1.82) is 0 Å². The molecule has 0 saturated heterocycles. The zero-order chi connectivity index (χ0) is 19.6. The van der Waals surface area contributed by atoms with Crippen LogP contribution in [0.25, 0.3) is 0 Å². The van der Waals surface area contributed by atoms with Crippen molar-refractivity contribution >= 4 is 23.2 Å². The molecule has 10 heteroatoms. The van der Waals surface area contributed by atoms with E-state index >= 15 is 0 Å². The lowest BCUT2D eigenvalue weighted by Crippen LogP contribution is -2.15. The highest BCUT2D eigenvalue weighted by Crippen LogP contribution is 2.31. The van der Waals surface area contributed by atoms with Gasteiger partial charge in [0.1, 0.15) is 23.1 Å². The molecular formula is C17H14F3N5O2. The van der Waals surface area contributed by atoms with Gasteiger partial charge in [-0.1, -0.05) is 11.2 Å². The van der Waals surface area contributed by atoms with E-state index in [0.717, 1.165) is 12.1 Å². The minimum absolute atomic E-state index is 0.0256. The number of carbonyl (C=O) groups is 1. The Labute approximate surface area is 151 Å². The first-order valence-electron chi connectivity index (χ1n) is 7.75. The maximum Gasteiger partial charge on any atom is 0.416 e. The van der Waals surface area contributed by atoms with Crippen LogP contribution in [0.2, 0.25) is 0 Å². The summed E-state index contributed by atoms with van der Waals surface area (Å²) in [4.78, 5) is 20.4. The molecule has 0 spiro atoms. The van der Waals surface area contributed by atoms with Gasteiger partial charge in [-0.25, -0.2) is 9.97 Å². The van der Waals surface area contributed by atoms with Gasteiger partial charge in [-0.05, 0) is 32.0 Å². The zero-order valence-electron chi connectivity index (χ0n) is 14.3. The molecule has 0 atom stereocenters. The number of anilines is 3. The number of alkyl halides is 3. The molecule has 0 bridgehead atoms. The molecule has 0 aliphatic rings. The van der Waals surface area contributed by atoms with Gasteiger partial charge in [0, 0.05) is 17.8 Å². The van der Waals surface area contributed by atoms with Crippen molar-refractivity contribution in [2.45, 2.75) is 20.0 Å². The third-order valence-electron chi connectivity index (χ3n) is 3.40. The van der Waals surface area contributed by atoms with Crippen LogP contribution in [0.1, 0.15) is 27.6 Å². The summed E-state index contributed by atoms with van der Waals surface area (Å²) in [5.41, 5.74) is -0.586. The highest BCUT2D eigenvalue weighted by atomic mass is 19.4. The Kier molecular flexibility index (Phi) is 4.80. The Balaban J connectivity index is 1.82. The van der Waals surface area contributed by atoms with E-state index in [1.54, 1.807) is 13.8 Å². The fourth-order valence-corrected chi connectivity index (χ4v) is 2.27. The number of hydrogen-bond donors (Lipinski definition) is 2. The van der Waals surface area contributed by atoms with Crippen molar-refractivity contribution in [3.8, 4) is 0 Å². The van der Waals surface area contributed by atoms with Gasteiger partial charge in [-0.15, -0.1) is 0 Å². The highest BCUT2D eigenvalue weighted by molar-refractivity contribution is 6.02. The van der Waals surface area contributed by atoms with Crippen LogP contribution in [0.15, 0.2) is 40.9 Å². The molecule has 1 amide bonds. The molecular weight excluding hydrogens is 363 g/mol. The Hall–Kier alpha value is -3.43. The summed E-state index contributed by atoms with van der Waals surface area (Å²) in [7, 11) is 0. The zero-order valence-corrected chi connectivity index (χ0v) is 14.3.